The summed E-state index contributed by atoms with van der Waals surface area (Å²) in [5.41, 5.74) is 0. The normalized spacial score (nSPS) is 18.1. The molecule has 0 bridgehead atoms. The molecule has 0 spiro atoms. The van der Waals surface area contributed by atoms with Crippen molar-refractivity contribution in [1.29, 1.82) is 0 Å². The molecule has 0 radical (unpaired) electrons. The van der Waals surface area contributed by atoms with Gasteiger partial charge in [0.05, 0.1) is 0 Å². The lowest BCUT2D eigenvalue weighted by atomic mass is 10.3. The maximum atomic E-state index is 11.9. The van der Waals surface area contributed by atoms with Crippen LogP contribution in [0.5, 0.6) is 0 Å². The number of likely N-dealkylation sites (N-methyl/N-ethyl adjacent to an activating group) is 1. The van der Waals surface area contributed by atoms with Crippen LogP contribution in [0.2, 0.25) is 0 Å². The Morgan fingerprint density at radius 1 is 1.18 bits per heavy atom. The lowest BCUT2D eigenvalue weighted by Gasteiger charge is -2.20. The number of carbonyl (C=O) groups excluding carboxylic acids is 1. The molecule has 100 valence electrons. The summed E-state index contributed by atoms with van der Waals surface area (Å²) in [6, 6.07) is 0. The second-order valence-corrected chi connectivity index (χ2v) is 4.80. The van der Waals surface area contributed by atoms with Crippen LogP contribution in [-0.2, 0) is 9.53 Å². The number of ether oxygens (including phenoxy) is 1. The summed E-state index contributed by atoms with van der Waals surface area (Å²) in [6.07, 6.45) is 4.50. The van der Waals surface area contributed by atoms with Gasteiger partial charge in [-0.05, 0) is 26.4 Å². The van der Waals surface area contributed by atoms with Gasteiger partial charge in [-0.25, -0.2) is 0 Å². The van der Waals surface area contributed by atoms with Gasteiger partial charge in [0.2, 0.25) is 5.91 Å². The second kappa shape index (κ2) is 8.48. The highest BCUT2D eigenvalue weighted by Crippen LogP contribution is 2.02. The summed E-state index contributed by atoms with van der Waals surface area (Å²) in [7, 11) is 2.11. The number of rotatable bonds is 6. The largest absolute Gasteiger partial charge is 0.372 e. The minimum absolute atomic E-state index is 0.150. The minimum Gasteiger partial charge on any atom is -0.372 e. The van der Waals surface area contributed by atoms with Gasteiger partial charge in [0.1, 0.15) is 6.61 Å². The predicted octanol–water partition coefficient (Wildman–Crippen LogP) is 1.36. The van der Waals surface area contributed by atoms with Crippen molar-refractivity contribution in [2.24, 2.45) is 0 Å². The van der Waals surface area contributed by atoms with Gasteiger partial charge < -0.3 is 14.5 Å². The Morgan fingerprint density at radius 2 is 2.00 bits per heavy atom. The molecule has 4 nitrogen and oxygen atoms in total. The van der Waals surface area contributed by atoms with Crippen molar-refractivity contribution in [2.75, 3.05) is 46.4 Å². The highest BCUT2D eigenvalue weighted by Gasteiger charge is 2.16. The molecule has 1 aliphatic heterocycles. The Morgan fingerprint density at radius 3 is 2.76 bits per heavy atom. The third-order valence-electron chi connectivity index (χ3n) is 3.19. The van der Waals surface area contributed by atoms with Crippen molar-refractivity contribution in [3.8, 4) is 0 Å². The Labute approximate surface area is 105 Å². The fraction of sp³-hybridized carbons (Fsp3) is 0.923. The molecule has 0 aromatic rings. The number of hydrogen-bond acceptors (Lipinski definition) is 3. The number of unbranched alkanes of at least 4 members (excludes halogenated alkanes) is 2. The Balaban J connectivity index is 2.13. The van der Waals surface area contributed by atoms with Crippen LogP contribution in [-0.4, -0.2) is 62.1 Å². The van der Waals surface area contributed by atoms with Crippen molar-refractivity contribution in [3.63, 3.8) is 0 Å². The molecule has 0 aromatic heterocycles. The van der Waals surface area contributed by atoms with E-state index in [9.17, 15) is 4.79 Å². The monoisotopic (exact) mass is 242 g/mol. The highest BCUT2D eigenvalue weighted by atomic mass is 16.5. The third-order valence-corrected chi connectivity index (χ3v) is 3.19. The zero-order valence-electron chi connectivity index (χ0n) is 11.3. The van der Waals surface area contributed by atoms with Gasteiger partial charge in [0, 0.05) is 26.2 Å². The van der Waals surface area contributed by atoms with Crippen LogP contribution in [0.15, 0.2) is 0 Å². The Kier molecular flexibility index (Phi) is 7.21. The summed E-state index contributed by atoms with van der Waals surface area (Å²) in [6.45, 7) is 6.91. The van der Waals surface area contributed by atoms with Gasteiger partial charge in [0.25, 0.3) is 0 Å². The van der Waals surface area contributed by atoms with Gasteiger partial charge in [-0.3, -0.25) is 4.79 Å². The first-order valence-corrected chi connectivity index (χ1v) is 6.78. The van der Waals surface area contributed by atoms with E-state index in [-0.39, 0.29) is 12.5 Å². The third kappa shape index (κ3) is 6.03. The molecule has 17 heavy (non-hydrogen) atoms. The molecule has 1 heterocycles. The number of amides is 1. The lowest BCUT2D eigenvalue weighted by molar-refractivity contribution is -0.136. The van der Waals surface area contributed by atoms with Crippen LogP contribution in [0.1, 0.15) is 32.6 Å². The standard InChI is InChI=1S/C13H26N2O2/c1-3-4-5-11-17-12-13(16)15-8-6-7-14(2)9-10-15/h3-12H2,1-2H3. The number of carbonyl (C=O) groups is 1. The Bertz CT molecular complexity index is 221. The van der Waals surface area contributed by atoms with Crippen LogP contribution < -0.4 is 0 Å². The molecule has 4 heteroatoms. The molecule has 1 amide bonds. The van der Waals surface area contributed by atoms with E-state index in [1.54, 1.807) is 0 Å². The van der Waals surface area contributed by atoms with Crippen molar-refractivity contribution < 1.29 is 9.53 Å². The van der Waals surface area contributed by atoms with E-state index < -0.39 is 0 Å². The average molecular weight is 242 g/mol. The van der Waals surface area contributed by atoms with E-state index in [0.29, 0.717) is 6.61 Å². The van der Waals surface area contributed by atoms with E-state index >= 15 is 0 Å². The summed E-state index contributed by atoms with van der Waals surface area (Å²) < 4.78 is 5.41. The van der Waals surface area contributed by atoms with E-state index in [0.717, 1.165) is 39.0 Å². The molecule has 1 rings (SSSR count). The fourth-order valence-corrected chi connectivity index (χ4v) is 2.00. The quantitative estimate of drug-likeness (QED) is 0.659. The second-order valence-electron chi connectivity index (χ2n) is 4.80. The summed E-state index contributed by atoms with van der Waals surface area (Å²) in [4.78, 5) is 16.1. The van der Waals surface area contributed by atoms with Crippen LogP contribution in [0.4, 0.5) is 0 Å². The first kappa shape index (κ1) is 14.5. The van der Waals surface area contributed by atoms with Crippen LogP contribution in [0.3, 0.4) is 0 Å². The molecule has 0 aliphatic carbocycles. The van der Waals surface area contributed by atoms with Crippen molar-refractivity contribution in [3.05, 3.63) is 0 Å². The highest BCUT2D eigenvalue weighted by molar-refractivity contribution is 5.77. The topological polar surface area (TPSA) is 32.8 Å². The van der Waals surface area contributed by atoms with Crippen LogP contribution in [0.25, 0.3) is 0 Å². The smallest absolute Gasteiger partial charge is 0.248 e. The van der Waals surface area contributed by atoms with E-state index in [2.05, 4.69) is 18.9 Å². The summed E-state index contributed by atoms with van der Waals surface area (Å²) in [5.74, 6) is 0.150. The fourth-order valence-electron chi connectivity index (χ4n) is 2.00. The van der Waals surface area contributed by atoms with E-state index in [1.807, 2.05) is 4.90 Å². The predicted molar refractivity (Wildman–Crippen MR) is 69.0 cm³/mol. The molecule has 0 atom stereocenters. The van der Waals surface area contributed by atoms with E-state index in [4.69, 9.17) is 4.74 Å². The summed E-state index contributed by atoms with van der Waals surface area (Å²) in [5, 5.41) is 0. The number of hydrogen-bond donors (Lipinski definition) is 0. The maximum Gasteiger partial charge on any atom is 0.248 e. The first-order chi connectivity index (χ1) is 8.24. The van der Waals surface area contributed by atoms with E-state index in [1.165, 1.54) is 12.8 Å². The minimum atomic E-state index is 0.150. The molecular formula is C13H26N2O2. The zero-order valence-corrected chi connectivity index (χ0v) is 11.3. The van der Waals surface area contributed by atoms with Gasteiger partial charge in [0.15, 0.2) is 0 Å². The summed E-state index contributed by atoms with van der Waals surface area (Å²) >= 11 is 0. The molecular weight excluding hydrogens is 216 g/mol. The molecule has 0 N–H and O–H groups in total. The van der Waals surface area contributed by atoms with Gasteiger partial charge in [-0.1, -0.05) is 19.8 Å². The first-order valence-electron chi connectivity index (χ1n) is 6.78. The molecule has 0 unspecified atom stereocenters. The van der Waals surface area contributed by atoms with Crippen molar-refractivity contribution in [1.82, 2.24) is 9.80 Å². The molecule has 0 aromatic carbocycles. The average Bonchev–Trinajstić information content (AvgIpc) is 2.53. The SMILES string of the molecule is CCCCCOCC(=O)N1CCCN(C)CC1. The van der Waals surface area contributed by atoms with Crippen LogP contribution in [0, 0.1) is 0 Å². The Hall–Kier alpha value is -0.610. The van der Waals surface area contributed by atoms with Crippen LogP contribution >= 0.6 is 0 Å². The number of nitrogens with zero attached hydrogens (tertiary/aromatic N) is 2. The van der Waals surface area contributed by atoms with Gasteiger partial charge in [-0.2, -0.15) is 0 Å². The zero-order chi connectivity index (χ0) is 12.5. The lowest BCUT2D eigenvalue weighted by Crippen LogP contribution is -2.37. The van der Waals surface area contributed by atoms with Crippen molar-refractivity contribution >= 4 is 5.91 Å². The molecule has 1 aliphatic rings. The maximum absolute atomic E-state index is 11.9. The molecule has 0 saturated carbocycles. The van der Waals surface area contributed by atoms with Gasteiger partial charge in [-0.15, -0.1) is 0 Å². The molecule has 1 fully saturated rings. The molecule has 1 saturated heterocycles. The van der Waals surface area contributed by atoms with Crippen molar-refractivity contribution in [2.45, 2.75) is 32.6 Å². The van der Waals surface area contributed by atoms with Gasteiger partial charge >= 0.3 is 0 Å².